The van der Waals surface area contributed by atoms with Gasteiger partial charge in [-0.3, -0.25) is 4.99 Å². The fourth-order valence-corrected chi connectivity index (χ4v) is 2.83. The molecule has 1 saturated carbocycles. The Balaban J connectivity index is 0.00000264. The van der Waals surface area contributed by atoms with Crippen molar-refractivity contribution in [3.63, 3.8) is 0 Å². The second kappa shape index (κ2) is 11.7. The molecule has 130 valence electrons. The molecule has 1 aromatic rings. The lowest BCUT2D eigenvalue weighted by Crippen LogP contribution is -2.42. The van der Waals surface area contributed by atoms with Gasteiger partial charge in [0.25, 0.3) is 0 Å². The van der Waals surface area contributed by atoms with Crippen LogP contribution in [0.15, 0.2) is 29.3 Å². The number of hydrogen-bond acceptors (Lipinski definition) is 2. The Hall–Kier alpha value is -0.820. The van der Waals surface area contributed by atoms with Gasteiger partial charge in [-0.1, -0.05) is 44.0 Å². The van der Waals surface area contributed by atoms with Crippen LogP contribution in [-0.4, -0.2) is 25.7 Å². The van der Waals surface area contributed by atoms with Crippen molar-refractivity contribution in [1.29, 1.82) is 0 Å². The van der Waals surface area contributed by atoms with Crippen LogP contribution < -0.4 is 10.6 Å². The van der Waals surface area contributed by atoms with Gasteiger partial charge in [0, 0.05) is 26.2 Å². The summed E-state index contributed by atoms with van der Waals surface area (Å²) in [6, 6.07) is 9.02. The molecular weight excluding hydrogens is 401 g/mol. The third-order valence-electron chi connectivity index (χ3n) is 4.09. The molecule has 0 spiro atoms. The standard InChI is InChI=1S/C18H29N3O.HI/c1-3-12-22-14-16-9-5-4-8-15(16)13-20-18(19-2)21-17-10-6-7-11-17;/h4-5,8-9,17H,3,6-7,10-14H2,1-2H3,(H2,19,20,21);1H. The highest BCUT2D eigenvalue weighted by atomic mass is 127. The summed E-state index contributed by atoms with van der Waals surface area (Å²) in [6.45, 7) is 4.40. The van der Waals surface area contributed by atoms with Gasteiger partial charge in [-0.2, -0.15) is 0 Å². The molecule has 0 atom stereocenters. The fraction of sp³-hybridized carbons (Fsp3) is 0.611. The van der Waals surface area contributed by atoms with Crippen LogP contribution >= 0.6 is 24.0 Å². The molecule has 4 nitrogen and oxygen atoms in total. The van der Waals surface area contributed by atoms with Gasteiger partial charge in [-0.05, 0) is 30.4 Å². The number of halogens is 1. The van der Waals surface area contributed by atoms with Gasteiger partial charge >= 0.3 is 0 Å². The maximum absolute atomic E-state index is 5.68. The number of ether oxygens (including phenoxy) is 1. The highest BCUT2D eigenvalue weighted by Crippen LogP contribution is 2.17. The number of hydrogen-bond donors (Lipinski definition) is 2. The molecule has 0 amide bonds. The highest BCUT2D eigenvalue weighted by Gasteiger charge is 2.15. The third-order valence-corrected chi connectivity index (χ3v) is 4.09. The molecule has 2 N–H and O–H groups in total. The van der Waals surface area contributed by atoms with Gasteiger partial charge in [0.2, 0.25) is 0 Å². The van der Waals surface area contributed by atoms with Crippen LogP contribution in [0.5, 0.6) is 0 Å². The molecule has 0 saturated heterocycles. The Bertz CT molecular complexity index is 473. The van der Waals surface area contributed by atoms with E-state index in [1.165, 1.54) is 36.8 Å². The third kappa shape index (κ3) is 7.08. The second-order valence-corrected chi connectivity index (χ2v) is 5.87. The zero-order chi connectivity index (χ0) is 15.6. The predicted octanol–water partition coefficient (Wildman–Crippen LogP) is 3.84. The normalized spacial score (nSPS) is 15.3. The lowest BCUT2D eigenvalue weighted by molar-refractivity contribution is 0.121. The summed E-state index contributed by atoms with van der Waals surface area (Å²) in [5.41, 5.74) is 2.52. The SMILES string of the molecule is CCCOCc1ccccc1CNC(=NC)NC1CCCC1.I. The number of aliphatic imine (C=N–C) groups is 1. The maximum atomic E-state index is 5.68. The second-order valence-electron chi connectivity index (χ2n) is 5.87. The minimum absolute atomic E-state index is 0. The Morgan fingerprint density at radius 1 is 1.22 bits per heavy atom. The fourth-order valence-electron chi connectivity index (χ4n) is 2.83. The molecule has 1 aliphatic rings. The molecule has 1 aliphatic carbocycles. The monoisotopic (exact) mass is 431 g/mol. The van der Waals surface area contributed by atoms with Crippen LogP contribution in [0.4, 0.5) is 0 Å². The molecule has 0 heterocycles. The average Bonchev–Trinajstić information content (AvgIpc) is 3.06. The predicted molar refractivity (Wildman–Crippen MR) is 107 cm³/mol. The number of guanidine groups is 1. The first-order chi connectivity index (χ1) is 10.8. The highest BCUT2D eigenvalue weighted by molar-refractivity contribution is 14.0. The summed E-state index contributed by atoms with van der Waals surface area (Å²) < 4.78 is 5.68. The summed E-state index contributed by atoms with van der Waals surface area (Å²) in [7, 11) is 1.83. The van der Waals surface area contributed by atoms with Crippen LogP contribution in [0.25, 0.3) is 0 Å². The smallest absolute Gasteiger partial charge is 0.191 e. The zero-order valence-electron chi connectivity index (χ0n) is 14.3. The molecule has 5 heteroatoms. The lowest BCUT2D eigenvalue weighted by atomic mass is 10.1. The molecule has 0 bridgehead atoms. The first-order valence-corrected chi connectivity index (χ1v) is 8.45. The Morgan fingerprint density at radius 2 is 1.91 bits per heavy atom. The Labute approximate surface area is 157 Å². The van der Waals surface area contributed by atoms with Gasteiger partial charge in [0.05, 0.1) is 6.61 Å². The number of benzene rings is 1. The van der Waals surface area contributed by atoms with Crippen LogP contribution in [0.1, 0.15) is 50.2 Å². The summed E-state index contributed by atoms with van der Waals surface area (Å²) in [5.74, 6) is 0.899. The van der Waals surface area contributed by atoms with Gasteiger partial charge in [0.15, 0.2) is 5.96 Å². The van der Waals surface area contributed by atoms with Crippen LogP contribution in [0, 0.1) is 0 Å². The van der Waals surface area contributed by atoms with Crippen molar-refractivity contribution in [2.24, 2.45) is 4.99 Å². The Morgan fingerprint density at radius 3 is 2.57 bits per heavy atom. The molecular formula is C18H30IN3O. The molecule has 23 heavy (non-hydrogen) atoms. The van der Waals surface area contributed by atoms with E-state index < -0.39 is 0 Å². The molecule has 1 fully saturated rings. The molecule has 2 rings (SSSR count). The van der Waals surface area contributed by atoms with E-state index in [1.807, 2.05) is 7.05 Å². The van der Waals surface area contributed by atoms with Gasteiger partial charge < -0.3 is 15.4 Å². The molecule has 0 aliphatic heterocycles. The number of nitrogens with one attached hydrogen (secondary N) is 2. The van der Waals surface area contributed by atoms with Crippen molar-refractivity contribution in [3.05, 3.63) is 35.4 Å². The lowest BCUT2D eigenvalue weighted by Gasteiger charge is -2.18. The quantitative estimate of drug-likeness (QED) is 0.299. The molecule has 0 unspecified atom stereocenters. The number of rotatable bonds is 7. The van der Waals surface area contributed by atoms with Gasteiger partial charge in [-0.15, -0.1) is 24.0 Å². The maximum Gasteiger partial charge on any atom is 0.191 e. The van der Waals surface area contributed by atoms with Crippen molar-refractivity contribution < 1.29 is 4.74 Å². The molecule has 1 aromatic carbocycles. The summed E-state index contributed by atoms with van der Waals surface area (Å²) in [6.07, 6.45) is 6.21. The minimum atomic E-state index is 0. The van der Waals surface area contributed by atoms with Crippen molar-refractivity contribution in [2.75, 3.05) is 13.7 Å². The van der Waals surface area contributed by atoms with Crippen molar-refractivity contribution >= 4 is 29.9 Å². The summed E-state index contributed by atoms with van der Waals surface area (Å²) >= 11 is 0. The van der Waals surface area contributed by atoms with E-state index in [4.69, 9.17) is 4.74 Å². The van der Waals surface area contributed by atoms with Crippen LogP contribution in [-0.2, 0) is 17.9 Å². The molecule has 0 radical (unpaired) electrons. The first kappa shape index (κ1) is 20.2. The van der Waals surface area contributed by atoms with Crippen LogP contribution in [0.2, 0.25) is 0 Å². The minimum Gasteiger partial charge on any atom is -0.377 e. The average molecular weight is 431 g/mol. The van der Waals surface area contributed by atoms with E-state index in [2.05, 4.69) is 46.8 Å². The van der Waals surface area contributed by atoms with Gasteiger partial charge in [0.1, 0.15) is 0 Å². The largest absolute Gasteiger partial charge is 0.377 e. The Kier molecular flexibility index (Phi) is 10.3. The van der Waals surface area contributed by atoms with Crippen molar-refractivity contribution in [1.82, 2.24) is 10.6 Å². The van der Waals surface area contributed by atoms with E-state index in [1.54, 1.807) is 0 Å². The number of nitrogens with zero attached hydrogens (tertiary/aromatic N) is 1. The van der Waals surface area contributed by atoms with Crippen LogP contribution in [0.3, 0.4) is 0 Å². The van der Waals surface area contributed by atoms with E-state index in [-0.39, 0.29) is 24.0 Å². The van der Waals surface area contributed by atoms with E-state index >= 15 is 0 Å². The van der Waals surface area contributed by atoms with E-state index in [0.29, 0.717) is 12.6 Å². The first-order valence-electron chi connectivity index (χ1n) is 8.45. The summed E-state index contributed by atoms with van der Waals surface area (Å²) in [5, 5.41) is 6.94. The summed E-state index contributed by atoms with van der Waals surface area (Å²) in [4.78, 5) is 4.33. The molecule has 0 aromatic heterocycles. The van der Waals surface area contributed by atoms with Gasteiger partial charge in [-0.25, -0.2) is 0 Å². The van der Waals surface area contributed by atoms with Crippen molar-refractivity contribution in [2.45, 2.75) is 58.2 Å². The zero-order valence-corrected chi connectivity index (χ0v) is 16.6. The van der Waals surface area contributed by atoms with E-state index in [0.717, 1.165) is 25.5 Å². The topological polar surface area (TPSA) is 45.6 Å². The van der Waals surface area contributed by atoms with E-state index in [9.17, 15) is 0 Å². The van der Waals surface area contributed by atoms with Crippen molar-refractivity contribution in [3.8, 4) is 0 Å².